The van der Waals surface area contributed by atoms with Crippen LogP contribution in [0.15, 0.2) is 29.4 Å². The number of anilines is 1. The Morgan fingerprint density at radius 2 is 1.96 bits per heavy atom. The van der Waals surface area contributed by atoms with Gasteiger partial charge in [0.2, 0.25) is 11.1 Å². The van der Waals surface area contributed by atoms with Gasteiger partial charge in [0, 0.05) is 12.1 Å². The molecule has 1 heterocycles. The second kappa shape index (κ2) is 9.07. The summed E-state index contributed by atoms with van der Waals surface area (Å²) in [7, 11) is 0. The van der Waals surface area contributed by atoms with Gasteiger partial charge in [-0.3, -0.25) is 4.79 Å². The van der Waals surface area contributed by atoms with E-state index in [2.05, 4.69) is 15.5 Å². The molecule has 2 rings (SSSR count). The van der Waals surface area contributed by atoms with Gasteiger partial charge in [0.05, 0.1) is 17.9 Å². The minimum atomic E-state index is -0.388. The lowest BCUT2D eigenvalue weighted by Gasteiger charge is -2.06. The van der Waals surface area contributed by atoms with Crippen LogP contribution < -0.4 is 11.2 Å². The van der Waals surface area contributed by atoms with Crippen molar-refractivity contribution in [2.24, 2.45) is 0 Å². The Hall–Kier alpha value is -2.55. The Labute approximate surface area is 150 Å². The van der Waals surface area contributed by atoms with E-state index < -0.39 is 0 Å². The van der Waals surface area contributed by atoms with Crippen LogP contribution in [-0.4, -0.2) is 39.1 Å². The van der Waals surface area contributed by atoms with E-state index in [0.717, 1.165) is 12.8 Å². The summed E-state index contributed by atoms with van der Waals surface area (Å²) in [5.41, 5.74) is 1.04. The number of nitrogens with one attached hydrogen (secondary N) is 1. The first kappa shape index (κ1) is 18.8. The molecule has 0 saturated heterocycles. The molecular formula is C16H21N5O3S. The SMILES string of the molecule is CCCc1nnc(SCC(=O)Nc2ccc(C(=O)OCC)cc2)n1N. The van der Waals surface area contributed by atoms with Crippen molar-refractivity contribution < 1.29 is 14.3 Å². The smallest absolute Gasteiger partial charge is 0.338 e. The molecule has 0 aliphatic rings. The molecule has 0 spiro atoms. The first-order chi connectivity index (χ1) is 12.0. The maximum atomic E-state index is 12.0. The van der Waals surface area contributed by atoms with Crippen LogP contribution in [-0.2, 0) is 16.0 Å². The van der Waals surface area contributed by atoms with Crippen molar-refractivity contribution in [1.82, 2.24) is 14.9 Å². The van der Waals surface area contributed by atoms with Gasteiger partial charge in [-0.25, -0.2) is 9.47 Å². The number of benzene rings is 1. The number of nitrogens with two attached hydrogens (primary N) is 1. The van der Waals surface area contributed by atoms with E-state index in [1.165, 1.54) is 16.4 Å². The van der Waals surface area contributed by atoms with Gasteiger partial charge in [-0.05, 0) is 37.6 Å². The van der Waals surface area contributed by atoms with E-state index in [1.54, 1.807) is 31.2 Å². The molecule has 0 radical (unpaired) electrons. The molecule has 0 aliphatic carbocycles. The number of hydrogen-bond donors (Lipinski definition) is 2. The van der Waals surface area contributed by atoms with Crippen LogP contribution in [0.1, 0.15) is 36.5 Å². The molecule has 1 aromatic heterocycles. The average molecular weight is 363 g/mol. The number of aryl methyl sites for hydroxylation is 1. The lowest BCUT2D eigenvalue weighted by molar-refractivity contribution is -0.113. The van der Waals surface area contributed by atoms with Crippen molar-refractivity contribution >= 4 is 29.3 Å². The molecule has 0 saturated carbocycles. The van der Waals surface area contributed by atoms with Gasteiger partial charge in [-0.2, -0.15) is 0 Å². The minimum absolute atomic E-state index is 0.154. The number of rotatable bonds is 8. The Bertz CT molecular complexity index is 730. The topological polar surface area (TPSA) is 112 Å². The number of nitrogen functional groups attached to an aromatic ring is 1. The van der Waals surface area contributed by atoms with Gasteiger partial charge in [0.15, 0.2) is 5.82 Å². The Morgan fingerprint density at radius 3 is 2.60 bits per heavy atom. The molecule has 2 aromatic rings. The molecule has 0 atom stereocenters. The average Bonchev–Trinajstić information content (AvgIpc) is 2.94. The standard InChI is InChI=1S/C16H21N5O3S/c1-3-5-13-19-20-16(21(13)17)25-10-14(22)18-12-8-6-11(7-9-12)15(23)24-4-2/h6-9H,3-5,10,17H2,1-2H3,(H,18,22). The second-order valence-electron chi connectivity index (χ2n) is 5.15. The van der Waals surface area contributed by atoms with Crippen molar-refractivity contribution in [1.29, 1.82) is 0 Å². The maximum absolute atomic E-state index is 12.0. The summed E-state index contributed by atoms with van der Waals surface area (Å²) in [4.78, 5) is 23.6. The summed E-state index contributed by atoms with van der Waals surface area (Å²) in [5, 5.41) is 11.2. The first-order valence-corrected chi connectivity index (χ1v) is 8.92. The van der Waals surface area contributed by atoms with Crippen LogP contribution >= 0.6 is 11.8 Å². The Balaban J connectivity index is 1.87. The summed E-state index contributed by atoms with van der Waals surface area (Å²) in [6.07, 6.45) is 1.66. The number of esters is 1. The van der Waals surface area contributed by atoms with Crippen LogP contribution in [0.3, 0.4) is 0 Å². The Morgan fingerprint density at radius 1 is 1.24 bits per heavy atom. The van der Waals surface area contributed by atoms with Crippen LogP contribution in [0.25, 0.3) is 0 Å². The highest BCUT2D eigenvalue weighted by Crippen LogP contribution is 2.16. The third-order valence-electron chi connectivity index (χ3n) is 3.22. The van der Waals surface area contributed by atoms with Gasteiger partial charge in [0.1, 0.15) is 0 Å². The van der Waals surface area contributed by atoms with E-state index in [0.29, 0.717) is 28.8 Å². The molecule has 1 aromatic carbocycles. The maximum Gasteiger partial charge on any atom is 0.338 e. The van der Waals surface area contributed by atoms with Crippen LogP contribution in [0.2, 0.25) is 0 Å². The molecule has 9 heteroatoms. The lowest BCUT2D eigenvalue weighted by atomic mass is 10.2. The number of carbonyl (C=O) groups is 2. The van der Waals surface area contributed by atoms with Gasteiger partial charge in [-0.1, -0.05) is 18.7 Å². The summed E-state index contributed by atoms with van der Waals surface area (Å²) >= 11 is 1.21. The zero-order valence-electron chi connectivity index (χ0n) is 14.2. The molecular weight excluding hydrogens is 342 g/mol. The molecule has 1 amide bonds. The van der Waals surface area contributed by atoms with Crippen LogP contribution in [0, 0.1) is 0 Å². The first-order valence-electron chi connectivity index (χ1n) is 7.94. The molecule has 134 valence electrons. The van der Waals surface area contributed by atoms with Crippen molar-refractivity contribution in [3.05, 3.63) is 35.7 Å². The summed E-state index contributed by atoms with van der Waals surface area (Å²) in [6.45, 7) is 4.10. The monoisotopic (exact) mass is 363 g/mol. The van der Waals surface area contributed by atoms with Gasteiger partial charge in [0.25, 0.3) is 0 Å². The van der Waals surface area contributed by atoms with Crippen LogP contribution in [0.4, 0.5) is 5.69 Å². The Kier molecular flexibility index (Phi) is 6.81. The highest BCUT2D eigenvalue weighted by molar-refractivity contribution is 7.99. The summed E-state index contributed by atoms with van der Waals surface area (Å²) < 4.78 is 6.32. The largest absolute Gasteiger partial charge is 0.462 e. The van der Waals surface area contributed by atoms with Gasteiger partial charge in [-0.15, -0.1) is 10.2 Å². The predicted octanol–water partition coefficient (Wildman–Crippen LogP) is 1.85. The highest BCUT2D eigenvalue weighted by atomic mass is 32.2. The number of hydrogen-bond acceptors (Lipinski definition) is 7. The van der Waals surface area contributed by atoms with Crippen molar-refractivity contribution in [2.45, 2.75) is 31.8 Å². The normalized spacial score (nSPS) is 10.5. The zero-order chi connectivity index (χ0) is 18.2. The van der Waals surface area contributed by atoms with Gasteiger partial charge >= 0.3 is 5.97 Å². The predicted molar refractivity (Wildman–Crippen MR) is 95.9 cm³/mol. The summed E-state index contributed by atoms with van der Waals surface area (Å²) in [6, 6.07) is 6.52. The third-order valence-corrected chi connectivity index (χ3v) is 4.16. The highest BCUT2D eigenvalue weighted by Gasteiger charge is 2.12. The minimum Gasteiger partial charge on any atom is -0.462 e. The van der Waals surface area contributed by atoms with Crippen molar-refractivity contribution in [2.75, 3.05) is 23.5 Å². The third kappa shape index (κ3) is 5.21. The number of carbonyl (C=O) groups excluding carboxylic acids is 2. The molecule has 25 heavy (non-hydrogen) atoms. The molecule has 0 aliphatic heterocycles. The molecule has 3 N–H and O–H groups in total. The number of nitrogens with zero attached hydrogens (tertiary/aromatic N) is 3. The van der Waals surface area contributed by atoms with E-state index in [9.17, 15) is 9.59 Å². The fourth-order valence-electron chi connectivity index (χ4n) is 2.03. The lowest BCUT2D eigenvalue weighted by Crippen LogP contribution is -2.17. The number of aromatic nitrogens is 3. The molecule has 8 nitrogen and oxygen atoms in total. The van der Waals surface area contributed by atoms with Crippen LogP contribution in [0.5, 0.6) is 0 Å². The van der Waals surface area contributed by atoms with E-state index in [1.807, 2.05) is 6.92 Å². The molecule has 0 fully saturated rings. The van der Waals surface area contributed by atoms with E-state index in [4.69, 9.17) is 10.6 Å². The van der Waals surface area contributed by atoms with Crippen molar-refractivity contribution in [3.63, 3.8) is 0 Å². The van der Waals surface area contributed by atoms with E-state index in [-0.39, 0.29) is 17.6 Å². The van der Waals surface area contributed by atoms with Gasteiger partial charge < -0.3 is 15.9 Å². The fourth-order valence-corrected chi connectivity index (χ4v) is 2.71. The second-order valence-corrected chi connectivity index (χ2v) is 6.10. The molecule has 0 unspecified atom stereocenters. The number of thioether (sulfide) groups is 1. The number of ether oxygens (including phenoxy) is 1. The molecule has 0 bridgehead atoms. The quantitative estimate of drug-likeness (QED) is 0.418. The summed E-state index contributed by atoms with van der Waals surface area (Å²) in [5.74, 6) is 6.15. The fraction of sp³-hybridized carbons (Fsp3) is 0.375. The zero-order valence-corrected chi connectivity index (χ0v) is 15.0. The van der Waals surface area contributed by atoms with Crippen molar-refractivity contribution in [3.8, 4) is 0 Å². The number of amides is 1. The van der Waals surface area contributed by atoms with E-state index >= 15 is 0 Å².